The molecule has 0 spiro atoms. The first-order valence-corrected chi connectivity index (χ1v) is 8.98. The van der Waals surface area contributed by atoms with Gasteiger partial charge in [-0.15, -0.1) is 11.8 Å². The molecule has 2 aromatic rings. The van der Waals surface area contributed by atoms with Crippen molar-refractivity contribution >= 4 is 23.5 Å². The molecule has 1 aliphatic heterocycles. The van der Waals surface area contributed by atoms with Crippen molar-refractivity contribution in [3.63, 3.8) is 0 Å². The molecule has 24 heavy (non-hydrogen) atoms. The van der Waals surface area contributed by atoms with Crippen molar-refractivity contribution in [1.82, 2.24) is 10.5 Å². The van der Waals surface area contributed by atoms with Crippen molar-refractivity contribution < 1.29 is 13.7 Å². The molecule has 2 heterocycles. The molecule has 5 nitrogen and oxygen atoms in total. The summed E-state index contributed by atoms with van der Waals surface area (Å²) in [7, 11) is 0. The fourth-order valence-electron chi connectivity index (χ4n) is 2.82. The molecule has 0 aliphatic carbocycles. The van der Waals surface area contributed by atoms with Crippen LogP contribution in [0, 0.1) is 12.7 Å². The van der Waals surface area contributed by atoms with Crippen molar-refractivity contribution in [3.05, 3.63) is 41.4 Å². The molecule has 0 fully saturated rings. The van der Waals surface area contributed by atoms with Crippen molar-refractivity contribution in [2.75, 3.05) is 11.1 Å². The number of hydrogen-bond donors (Lipinski definition) is 2. The molecule has 0 unspecified atom stereocenters. The van der Waals surface area contributed by atoms with Crippen LogP contribution in [0.2, 0.25) is 0 Å². The number of anilines is 1. The maximum Gasteiger partial charge on any atom is 0.242 e. The molecule has 0 saturated heterocycles. The number of rotatable bonds is 5. The summed E-state index contributed by atoms with van der Waals surface area (Å²) in [4.78, 5) is 13.2. The van der Waals surface area contributed by atoms with Crippen LogP contribution < -0.4 is 10.6 Å². The Morgan fingerprint density at radius 2 is 2.38 bits per heavy atom. The van der Waals surface area contributed by atoms with Gasteiger partial charge in [-0.25, -0.2) is 4.39 Å². The summed E-state index contributed by atoms with van der Waals surface area (Å²) >= 11 is 1.53. The Balaban J connectivity index is 1.72. The third kappa shape index (κ3) is 3.62. The molecule has 0 radical (unpaired) electrons. The summed E-state index contributed by atoms with van der Waals surface area (Å²) < 4.78 is 18.9. The van der Waals surface area contributed by atoms with Gasteiger partial charge in [-0.1, -0.05) is 24.2 Å². The minimum atomic E-state index is -0.383. The third-order valence-corrected chi connectivity index (χ3v) is 5.19. The van der Waals surface area contributed by atoms with E-state index in [0.717, 1.165) is 17.7 Å². The van der Waals surface area contributed by atoms with Gasteiger partial charge in [0.15, 0.2) is 5.82 Å². The van der Waals surface area contributed by atoms with Crippen LogP contribution in [0.4, 0.5) is 10.2 Å². The van der Waals surface area contributed by atoms with Gasteiger partial charge >= 0.3 is 0 Å². The molecule has 1 aromatic heterocycles. The predicted molar refractivity (Wildman–Crippen MR) is 91.6 cm³/mol. The molecule has 2 N–H and O–H groups in total. The van der Waals surface area contributed by atoms with E-state index in [2.05, 4.69) is 15.8 Å². The smallest absolute Gasteiger partial charge is 0.242 e. The molecule has 1 aliphatic rings. The minimum absolute atomic E-state index is 0.0355. The molecule has 1 aromatic carbocycles. The van der Waals surface area contributed by atoms with Gasteiger partial charge in [0.2, 0.25) is 5.91 Å². The normalized spacial score (nSPS) is 18.0. The summed E-state index contributed by atoms with van der Waals surface area (Å²) in [6, 6.07) is 6.37. The van der Waals surface area contributed by atoms with Gasteiger partial charge in [-0.05, 0) is 37.1 Å². The highest BCUT2D eigenvalue weighted by Crippen LogP contribution is 2.38. The van der Waals surface area contributed by atoms with E-state index in [9.17, 15) is 9.18 Å². The van der Waals surface area contributed by atoms with Crippen LogP contribution in [0.3, 0.4) is 0 Å². The van der Waals surface area contributed by atoms with E-state index < -0.39 is 0 Å². The summed E-state index contributed by atoms with van der Waals surface area (Å²) in [5, 5.41) is 9.90. The number of benzene rings is 1. The molecule has 1 amide bonds. The Labute approximate surface area is 144 Å². The number of aromatic nitrogens is 1. The van der Waals surface area contributed by atoms with Crippen LogP contribution in [0.1, 0.15) is 37.1 Å². The Kier molecular flexibility index (Phi) is 5.20. The highest BCUT2D eigenvalue weighted by Gasteiger charge is 2.27. The van der Waals surface area contributed by atoms with Gasteiger partial charge in [-0.2, -0.15) is 0 Å². The summed E-state index contributed by atoms with van der Waals surface area (Å²) in [5.74, 6) is 1.51. The molecular formula is C17H20FN3O2S. The number of nitrogens with zero attached hydrogens (tertiary/aromatic N) is 1. The number of thioether (sulfide) groups is 1. The number of nitrogens with one attached hydrogen (secondary N) is 2. The second kappa shape index (κ2) is 7.36. The first kappa shape index (κ1) is 17.0. The van der Waals surface area contributed by atoms with E-state index in [0.29, 0.717) is 22.9 Å². The van der Waals surface area contributed by atoms with Crippen LogP contribution in [0.25, 0.3) is 0 Å². The Morgan fingerprint density at radius 3 is 3.08 bits per heavy atom. The maximum atomic E-state index is 14.0. The number of amides is 1. The van der Waals surface area contributed by atoms with E-state index in [1.165, 1.54) is 17.8 Å². The van der Waals surface area contributed by atoms with Crippen LogP contribution in [-0.4, -0.2) is 22.9 Å². The van der Waals surface area contributed by atoms with E-state index >= 15 is 0 Å². The van der Waals surface area contributed by atoms with E-state index in [-0.39, 0.29) is 23.8 Å². The lowest BCUT2D eigenvalue weighted by Crippen LogP contribution is -2.42. The second-order valence-electron chi connectivity index (χ2n) is 5.79. The largest absolute Gasteiger partial charge is 0.360 e. The van der Waals surface area contributed by atoms with Crippen LogP contribution in [0.5, 0.6) is 0 Å². The second-order valence-corrected chi connectivity index (χ2v) is 6.89. The first-order chi connectivity index (χ1) is 11.6. The average Bonchev–Trinajstić information content (AvgIpc) is 2.98. The molecule has 3 rings (SSSR count). The Hall–Kier alpha value is -1.86. The van der Waals surface area contributed by atoms with E-state index in [1.807, 2.05) is 13.0 Å². The van der Waals surface area contributed by atoms with E-state index in [4.69, 9.17) is 4.52 Å². The molecule has 2 atom stereocenters. The number of fused-ring (bicyclic) bond motifs is 1. The first-order valence-electron chi connectivity index (χ1n) is 8.00. The fraction of sp³-hybridized carbons (Fsp3) is 0.412. The lowest BCUT2D eigenvalue weighted by molar-refractivity contribution is -0.118. The van der Waals surface area contributed by atoms with Crippen molar-refractivity contribution in [3.8, 4) is 0 Å². The Morgan fingerprint density at radius 1 is 1.54 bits per heavy atom. The monoisotopic (exact) mass is 349 g/mol. The summed E-state index contributed by atoms with van der Waals surface area (Å²) in [6.07, 6.45) is 1.48. The van der Waals surface area contributed by atoms with Gasteiger partial charge < -0.3 is 9.84 Å². The zero-order chi connectivity index (χ0) is 17.1. The lowest BCUT2D eigenvalue weighted by Gasteiger charge is -2.29. The molecule has 0 saturated carbocycles. The van der Waals surface area contributed by atoms with Crippen LogP contribution in [-0.2, 0) is 4.79 Å². The number of halogens is 1. The van der Waals surface area contributed by atoms with Gasteiger partial charge in [0.25, 0.3) is 0 Å². The number of hydrogen-bond acceptors (Lipinski definition) is 5. The highest BCUT2D eigenvalue weighted by molar-refractivity contribution is 7.99. The topological polar surface area (TPSA) is 67.2 Å². The van der Waals surface area contributed by atoms with E-state index in [1.54, 1.807) is 19.1 Å². The number of carbonyl (C=O) groups excluding carboxylic acids is 1. The van der Waals surface area contributed by atoms with Gasteiger partial charge in [0, 0.05) is 17.0 Å². The number of carbonyl (C=O) groups is 1. The standard InChI is InChI=1S/C17H20FN3O2S/c1-3-13(17(22)20-15-9-10(2)23-21-15)19-14-7-8-24-16-11(14)5-4-6-12(16)18/h4-6,9,13-14,19H,3,7-8H2,1-2H3,(H,20,21,22)/t13-,14-/m0/s1. The lowest BCUT2D eigenvalue weighted by atomic mass is 10.0. The zero-order valence-corrected chi connectivity index (χ0v) is 14.5. The molecule has 7 heteroatoms. The quantitative estimate of drug-likeness (QED) is 0.862. The molecule has 128 valence electrons. The highest BCUT2D eigenvalue weighted by atomic mass is 32.2. The van der Waals surface area contributed by atoms with Crippen LogP contribution in [0.15, 0.2) is 33.7 Å². The van der Waals surface area contributed by atoms with Gasteiger partial charge in [0.1, 0.15) is 11.6 Å². The molecular weight excluding hydrogens is 329 g/mol. The van der Waals surface area contributed by atoms with Crippen molar-refractivity contribution in [2.24, 2.45) is 0 Å². The maximum absolute atomic E-state index is 14.0. The minimum Gasteiger partial charge on any atom is -0.360 e. The Bertz CT molecular complexity index is 734. The number of aryl methyl sites for hydroxylation is 1. The third-order valence-electron chi connectivity index (χ3n) is 4.03. The average molecular weight is 349 g/mol. The SMILES string of the molecule is CC[C@H](N[C@H]1CCSc2c(F)cccc21)C(=O)Nc1cc(C)on1. The molecule has 0 bridgehead atoms. The van der Waals surface area contributed by atoms with Gasteiger partial charge in [0.05, 0.1) is 6.04 Å². The zero-order valence-electron chi connectivity index (χ0n) is 13.6. The fourth-order valence-corrected chi connectivity index (χ4v) is 3.96. The van der Waals surface area contributed by atoms with Crippen molar-refractivity contribution in [1.29, 1.82) is 0 Å². The summed E-state index contributed by atoms with van der Waals surface area (Å²) in [6.45, 7) is 3.71. The van der Waals surface area contributed by atoms with Crippen molar-refractivity contribution in [2.45, 2.75) is 43.7 Å². The van der Waals surface area contributed by atoms with Crippen LogP contribution >= 0.6 is 11.8 Å². The van der Waals surface area contributed by atoms with Gasteiger partial charge in [-0.3, -0.25) is 10.1 Å². The predicted octanol–water partition coefficient (Wildman–Crippen LogP) is 3.67. The summed E-state index contributed by atoms with van der Waals surface area (Å²) in [5.41, 5.74) is 0.926.